The maximum Gasteiger partial charge on any atom is 0.410 e. The zero-order valence-electron chi connectivity index (χ0n) is 16.4. The molecule has 0 atom stereocenters. The number of aromatic amines is 1. The van der Waals surface area contributed by atoms with Crippen LogP contribution in [0.3, 0.4) is 0 Å². The lowest BCUT2D eigenvalue weighted by molar-refractivity contribution is 0.0183. The Hall–Kier alpha value is -2.57. The second kappa shape index (κ2) is 7.58. The molecule has 27 heavy (non-hydrogen) atoms. The van der Waals surface area contributed by atoms with Gasteiger partial charge in [0, 0.05) is 19.5 Å². The van der Waals surface area contributed by atoms with Gasteiger partial charge in [0.05, 0.1) is 23.7 Å². The molecule has 146 valence electrons. The molecule has 1 saturated heterocycles. The van der Waals surface area contributed by atoms with Crippen LogP contribution in [0.15, 0.2) is 18.2 Å². The molecule has 0 saturated carbocycles. The maximum atomic E-state index is 12.2. The van der Waals surface area contributed by atoms with Gasteiger partial charge in [-0.25, -0.2) is 14.6 Å². The van der Waals surface area contributed by atoms with E-state index in [1.54, 1.807) is 17.0 Å². The zero-order valence-corrected chi connectivity index (χ0v) is 16.4. The summed E-state index contributed by atoms with van der Waals surface area (Å²) in [4.78, 5) is 33.5. The van der Waals surface area contributed by atoms with E-state index in [1.165, 1.54) is 7.11 Å². The van der Waals surface area contributed by atoms with E-state index in [2.05, 4.69) is 9.97 Å². The summed E-state index contributed by atoms with van der Waals surface area (Å²) in [6.07, 6.45) is 2.43. The van der Waals surface area contributed by atoms with Crippen molar-refractivity contribution >= 4 is 23.1 Å². The summed E-state index contributed by atoms with van der Waals surface area (Å²) in [5.41, 5.74) is 1.71. The maximum absolute atomic E-state index is 12.2. The molecular weight excluding hydrogens is 346 g/mol. The van der Waals surface area contributed by atoms with Gasteiger partial charge in [0.1, 0.15) is 11.4 Å². The Labute approximate surface area is 159 Å². The highest BCUT2D eigenvalue weighted by Gasteiger charge is 2.27. The smallest absolute Gasteiger partial charge is 0.410 e. The van der Waals surface area contributed by atoms with Crippen molar-refractivity contribution in [1.29, 1.82) is 0 Å². The number of esters is 1. The first kappa shape index (κ1) is 19.2. The molecule has 1 aromatic carbocycles. The lowest BCUT2D eigenvalue weighted by atomic mass is 9.93. The Bertz CT molecular complexity index is 829. The number of rotatable bonds is 3. The van der Waals surface area contributed by atoms with Gasteiger partial charge in [0.15, 0.2) is 0 Å². The van der Waals surface area contributed by atoms with Gasteiger partial charge in [-0.1, -0.05) is 0 Å². The van der Waals surface area contributed by atoms with Crippen LogP contribution in [0.5, 0.6) is 0 Å². The van der Waals surface area contributed by atoms with Crippen LogP contribution in [0.2, 0.25) is 0 Å². The summed E-state index contributed by atoms with van der Waals surface area (Å²) in [5.74, 6) is 1.01. The van der Waals surface area contributed by atoms with Crippen LogP contribution < -0.4 is 0 Å². The van der Waals surface area contributed by atoms with E-state index in [0.717, 1.165) is 36.1 Å². The molecule has 3 rings (SSSR count). The first-order valence-corrected chi connectivity index (χ1v) is 9.30. The highest BCUT2D eigenvalue weighted by molar-refractivity contribution is 5.93. The van der Waals surface area contributed by atoms with Gasteiger partial charge in [-0.15, -0.1) is 0 Å². The number of aromatic nitrogens is 2. The fraction of sp³-hybridized carbons (Fsp3) is 0.550. The van der Waals surface area contributed by atoms with Gasteiger partial charge < -0.3 is 19.4 Å². The van der Waals surface area contributed by atoms with Gasteiger partial charge in [-0.3, -0.25) is 0 Å². The van der Waals surface area contributed by atoms with Gasteiger partial charge in [-0.2, -0.15) is 0 Å². The largest absolute Gasteiger partial charge is 0.465 e. The number of ether oxygens (including phenoxy) is 2. The fourth-order valence-electron chi connectivity index (χ4n) is 3.32. The van der Waals surface area contributed by atoms with Crippen LogP contribution >= 0.6 is 0 Å². The number of hydrogen-bond donors (Lipinski definition) is 1. The molecule has 1 aliphatic rings. The first-order chi connectivity index (χ1) is 12.7. The van der Waals surface area contributed by atoms with Crippen LogP contribution in [0.25, 0.3) is 11.0 Å². The molecule has 1 fully saturated rings. The number of amides is 1. The van der Waals surface area contributed by atoms with Crippen LogP contribution in [0.4, 0.5) is 4.79 Å². The minimum atomic E-state index is -0.467. The third-order valence-electron chi connectivity index (χ3n) is 4.70. The third kappa shape index (κ3) is 4.78. The Balaban J connectivity index is 1.59. The van der Waals surface area contributed by atoms with E-state index in [0.29, 0.717) is 24.6 Å². The topological polar surface area (TPSA) is 84.5 Å². The SMILES string of the molecule is COC(=O)c1ccc2nc(CC3CCN(C(=O)OC(C)(C)C)CC3)[nH]c2c1. The van der Waals surface area contributed by atoms with Crippen LogP contribution in [0.1, 0.15) is 49.8 Å². The predicted molar refractivity (Wildman–Crippen MR) is 102 cm³/mol. The summed E-state index contributed by atoms with van der Waals surface area (Å²) in [7, 11) is 1.37. The molecule has 7 heteroatoms. The number of imidazole rings is 1. The number of methoxy groups -OCH3 is 1. The van der Waals surface area contributed by atoms with Crippen LogP contribution in [-0.4, -0.2) is 52.7 Å². The average Bonchev–Trinajstić information content (AvgIpc) is 3.01. The Morgan fingerprint density at radius 3 is 2.59 bits per heavy atom. The van der Waals surface area contributed by atoms with Crippen molar-refractivity contribution in [2.45, 2.75) is 45.6 Å². The number of carbonyl (C=O) groups is 2. The monoisotopic (exact) mass is 373 g/mol. The molecule has 0 bridgehead atoms. The molecule has 7 nitrogen and oxygen atoms in total. The number of H-pyrrole nitrogens is 1. The van der Waals surface area contributed by atoms with Crippen molar-refractivity contribution in [1.82, 2.24) is 14.9 Å². The lowest BCUT2D eigenvalue weighted by Crippen LogP contribution is -2.42. The lowest BCUT2D eigenvalue weighted by Gasteiger charge is -2.33. The molecule has 1 N–H and O–H groups in total. The Morgan fingerprint density at radius 2 is 1.96 bits per heavy atom. The zero-order chi connectivity index (χ0) is 19.6. The Kier molecular flexibility index (Phi) is 5.39. The van der Waals surface area contributed by atoms with Crippen LogP contribution in [0, 0.1) is 5.92 Å². The van der Waals surface area contributed by atoms with Crippen molar-refractivity contribution < 1.29 is 19.1 Å². The fourth-order valence-corrected chi connectivity index (χ4v) is 3.32. The number of fused-ring (bicyclic) bond motifs is 1. The summed E-state index contributed by atoms with van der Waals surface area (Å²) < 4.78 is 10.2. The van der Waals surface area contributed by atoms with E-state index < -0.39 is 5.60 Å². The van der Waals surface area contributed by atoms with Crippen LogP contribution in [-0.2, 0) is 15.9 Å². The number of benzene rings is 1. The minimum absolute atomic E-state index is 0.236. The summed E-state index contributed by atoms with van der Waals surface area (Å²) in [6, 6.07) is 5.31. The van der Waals surface area contributed by atoms with E-state index in [9.17, 15) is 9.59 Å². The first-order valence-electron chi connectivity index (χ1n) is 9.30. The molecular formula is C20H27N3O4. The van der Waals surface area contributed by atoms with Crippen molar-refractivity contribution in [2.24, 2.45) is 5.92 Å². The van der Waals surface area contributed by atoms with E-state index in [4.69, 9.17) is 9.47 Å². The van der Waals surface area contributed by atoms with E-state index in [1.807, 2.05) is 26.8 Å². The highest BCUT2D eigenvalue weighted by Crippen LogP contribution is 2.24. The van der Waals surface area contributed by atoms with Crippen molar-refractivity contribution in [3.8, 4) is 0 Å². The average molecular weight is 373 g/mol. The number of nitrogens with one attached hydrogen (secondary N) is 1. The molecule has 0 spiro atoms. The van der Waals surface area contributed by atoms with Gasteiger partial charge in [-0.05, 0) is 57.7 Å². The van der Waals surface area contributed by atoms with Gasteiger partial charge in [0.2, 0.25) is 0 Å². The number of hydrogen-bond acceptors (Lipinski definition) is 5. The quantitative estimate of drug-likeness (QED) is 0.832. The summed E-state index contributed by atoms with van der Waals surface area (Å²) in [6.45, 7) is 7.04. The minimum Gasteiger partial charge on any atom is -0.465 e. The third-order valence-corrected chi connectivity index (χ3v) is 4.70. The molecule has 2 aromatic rings. The van der Waals surface area contributed by atoms with Crippen molar-refractivity contribution in [3.63, 3.8) is 0 Å². The highest BCUT2D eigenvalue weighted by atomic mass is 16.6. The van der Waals surface area contributed by atoms with Crippen molar-refractivity contribution in [3.05, 3.63) is 29.6 Å². The standard InChI is InChI=1S/C20H27N3O4/c1-20(2,3)27-19(25)23-9-7-13(8-10-23)11-17-21-15-6-5-14(18(24)26-4)12-16(15)22-17/h5-6,12-13H,7-11H2,1-4H3,(H,21,22). The second-order valence-electron chi connectivity index (χ2n) is 8.02. The molecule has 2 heterocycles. The molecule has 1 amide bonds. The molecule has 0 radical (unpaired) electrons. The van der Waals surface area contributed by atoms with E-state index in [-0.39, 0.29) is 12.1 Å². The number of likely N-dealkylation sites (tertiary alicyclic amines) is 1. The molecule has 1 aliphatic heterocycles. The van der Waals surface area contributed by atoms with Gasteiger partial charge in [0.25, 0.3) is 0 Å². The Morgan fingerprint density at radius 1 is 1.26 bits per heavy atom. The second-order valence-corrected chi connectivity index (χ2v) is 8.02. The van der Waals surface area contributed by atoms with Crippen molar-refractivity contribution in [2.75, 3.05) is 20.2 Å². The predicted octanol–water partition coefficient (Wildman–Crippen LogP) is 3.54. The van der Waals surface area contributed by atoms with Gasteiger partial charge >= 0.3 is 12.1 Å². The molecule has 0 unspecified atom stereocenters. The molecule has 0 aliphatic carbocycles. The van der Waals surface area contributed by atoms with E-state index >= 15 is 0 Å². The summed E-state index contributed by atoms with van der Waals surface area (Å²) in [5, 5.41) is 0. The molecule has 1 aromatic heterocycles. The number of piperidine rings is 1. The number of nitrogens with zero attached hydrogens (tertiary/aromatic N) is 2. The summed E-state index contributed by atoms with van der Waals surface area (Å²) >= 11 is 0. The number of carbonyl (C=O) groups excluding carboxylic acids is 2. The normalized spacial score (nSPS) is 15.8.